The number of aryl methyl sites for hydroxylation is 1. The average molecular weight is 521 g/mol. The van der Waals surface area contributed by atoms with E-state index in [2.05, 4.69) is 44.5 Å². The van der Waals surface area contributed by atoms with Crippen molar-refractivity contribution in [3.8, 4) is 0 Å². The maximum absolute atomic E-state index is 5.80. The van der Waals surface area contributed by atoms with Gasteiger partial charge in [0.2, 0.25) is 0 Å². The second kappa shape index (κ2) is 12.0. The van der Waals surface area contributed by atoms with E-state index in [1.165, 1.54) is 0 Å². The number of guanidine groups is 1. The summed E-state index contributed by atoms with van der Waals surface area (Å²) in [4.78, 5) is 11.4. The lowest BCUT2D eigenvalue weighted by Crippen LogP contribution is -2.48. The Morgan fingerprint density at radius 2 is 2.03 bits per heavy atom. The van der Waals surface area contributed by atoms with Crippen LogP contribution in [0.4, 0.5) is 0 Å². The van der Waals surface area contributed by atoms with E-state index in [1.54, 1.807) is 7.11 Å². The Morgan fingerprint density at radius 1 is 1.28 bits per heavy atom. The summed E-state index contributed by atoms with van der Waals surface area (Å²) < 4.78 is 12.9. The molecule has 1 fully saturated rings. The topological polar surface area (TPSA) is 88.8 Å². The summed E-state index contributed by atoms with van der Waals surface area (Å²) in [5.74, 6) is 2.66. The fourth-order valence-corrected chi connectivity index (χ4v) is 4.03. The molecule has 0 bridgehead atoms. The third kappa shape index (κ3) is 7.34. The second-order valence-electron chi connectivity index (χ2n) is 7.81. The van der Waals surface area contributed by atoms with Gasteiger partial charge >= 0.3 is 0 Å². The highest BCUT2D eigenvalue weighted by molar-refractivity contribution is 14.0. The fourth-order valence-electron chi connectivity index (χ4n) is 4.03. The zero-order valence-electron chi connectivity index (χ0n) is 18.1. The molecule has 3 atom stereocenters. The molecule has 0 saturated carbocycles. The molecule has 0 radical (unpaired) electrons. The Hall–Kier alpha value is -0.980. The summed E-state index contributed by atoms with van der Waals surface area (Å²) in [7, 11) is 3.49. The van der Waals surface area contributed by atoms with E-state index in [4.69, 9.17) is 9.47 Å². The first-order chi connectivity index (χ1) is 13.6. The Morgan fingerprint density at radius 3 is 2.72 bits per heavy atom. The van der Waals surface area contributed by atoms with Crippen molar-refractivity contribution >= 4 is 29.9 Å². The number of hydrogen-bond acceptors (Lipinski definition) is 6. The van der Waals surface area contributed by atoms with Gasteiger partial charge in [0.25, 0.3) is 0 Å². The van der Waals surface area contributed by atoms with Gasteiger partial charge in [-0.15, -0.1) is 24.0 Å². The number of nitrogens with zero attached hydrogens (tertiary/aromatic N) is 5. The number of aromatic nitrogens is 3. The Bertz CT molecular complexity index is 645. The van der Waals surface area contributed by atoms with Crippen LogP contribution >= 0.6 is 24.0 Å². The maximum atomic E-state index is 5.80. The summed E-state index contributed by atoms with van der Waals surface area (Å²) in [5, 5.41) is 11.5. The van der Waals surface area contributed by atoms with Crippen molar-refractivity contribution in [3.05, 3.63) is 11.6 Å². The van der Waals surface area contributed by atoms with E-state index in [1.807, 2.05) is 11.7 Å². The summed E-state index contributed by atoms with van der Waals surface area (Å²) in [6.45, 7) is 9.58. The van der Waals surface area contributed by atoms with E-state index in [-0.39, 0.29) is 24.0 Å². The highest BCUT2D eigenvalue weighted by Crippen LogP contribution is 2.13. The van der Waals surface area contributed by atoms with Gasteiger partial charge in [-0.1, -0.05) is 0 Å². The molecule has 2 aliphatic heterocycles. The van der Waals surface area contributed by atoms with Crippen LogP contribution in [0.3, 0.4) is 0 Å². The predicted molar refractivity (Wildman–Crippen MR) is 124 cm³/mol. The van der Waals surface area contributed by atoms with Crippen molar-refractivity contribution in [3.63, 3.8) is 0 Å². The highest BCUT2D eigenvalue weighted by atomic mass is 127. The molecule has 3 heterocycles. The number of hydrogen-bond donors (Lipinski definition) is 2. The molecule has 0 spiro atoms. The number of ether oxygens (including phenoxy) is 2. The lowest BCUT2D eigenvalue weighted by atomic mass is 10.1. The number of aliphatic imine (C=N–C) groups is 1. The first kappa shape index (κ1) is 24.3. The molecule has 1 aromatic rings. The molecule has 10 heteroatoms. The molecule has 0 aromatic carbocycles. The van der Waals surface area contributed by atoms with E-state index in [0.29, 0.717) is 24.9 Å². The molecule has 0 amide bonds. The minimum atomic E-state index is 0. The molecule has 2 N–H and O–H groups in total. The molecule has 1 saturated heterocycles. The predicted octanol–water partition coefficient (Wildman–Crippen LogP) is 1.02. The van der Waals surface area contributed by atoms with E-state index in [0.717, 1.165) is 69.6 Å². The molecule has 29 heavy (non-hydrogen) atoms. The summed E-state index contributed by atoms with van der Waals surface area (Å²) in [6, 6.07) is 0.303. The number of rotatable bonds is 7. The van der Waals surface area contributed by atoms with Gasteiger partial charge in [-0.3, -0.25) is 9.89 Å². The van der Waals surface area contributed by atoms with E-state index in [9.17, 15) is 0 Å². The van der Waals surface area contributed by atoms with Crippen LogP contribution in [-0.2, 0) is 29.0 Å². The number of morpholine rings is 1. The van der Waals surface area contributed by atoms with Crippen LogP contribution in [0.15, 0.2) is 4.99 Å². The molecule has 2 aliphatic rings. The van der Waals surface area contributed by atoms with E-state index >= 15 is 0 Å². The smallest absolute Gasteiger partial charge is 0.191 e. The van der Waals surface area contributed by atoms with Gasteiger partial charge in [0.05, 0.1) is 18.8 Å². The van der Waals surface area contributed by atoms with Crippen molar-refractivity contribution in [2.24, 2.45) is 4.99 Å². The van der Waals surface area contributed by atoms with Gasteiger partial charge in [0.1, 0.15) is 12.4 Å². The first-order valence-corrected chi connectivity index (χ1v) is 10.3. The highest BCUT2D eigenvalue weighted by Gasteiger charge is 2.23. The van der Waals surface area contributed by atoms with Gasteiger partial charge in [-0.2, -0.15) is 5.10 Å². The van der Waals surface area contributed by atoms with Crippen LogP contribution in [-0.4, -0.2) is 84.2 Å². The fraction of sp³-hybridized carbons (Fsp3) is 0.842. The van der Waals surface area contributed by atoms with Crippen molar-refractivity contribution < 1.29 is 9.47 Å². The van der Waals surface area contributed by atoms with Crippen LogP contribution in [0.2, 0.25) is 0 Å². The molecular formula is C19H36IN7O2. The average Bonchev–Trinajstić information content (AvgIpc) is 3.05. The van der Waals surface area contributed by atoms with Crippen LogP contribution in [0, 0.1) is 0 Å². The normalized spacial score (nSPS) is 25.2. The summed E-state index contributed by atoms with van der Waals surface area (Å²) in [6.07, 6.45) is 3.67. The molecule has 3 unspecified atom stereocenters. The Balaban J connectivity index is 0.00000300. The van der Waals surface area contributed by atoms with Gasteiger partial charge < -0.3 is 20.1 Å². The van der Waals surface area contributed by atoms with Gasteiger partial charge in [-0.05, 0) is 26.7 Å². The molecule has 1 aromatic heterocycles. The third-order valence-corrected chi connectivity index (χ3v) is 5.18. The van der Waals surface area contributed by atoms with Crippen molar-refractivity contribution in [2.45, 2.75) is 64.5 Å². The van der Waals surface area contributed by atoms with Crippen LogP contribution in [0.5, 0.6) is 0 Å². The largest absolute Gasteiger partial charge is 0.377 e. The van der Waals surface area contributed by atoms with Gasteiger partial charge in [-0.25, -0.2) is 9.67 Å². The summed E-state index contributed by atoms with van der Waals surface area (Å²) in [5.41, 5.74) is 0. The molecule has 166 valence electrons. The minimum Gasteiger partial charge on any atom is -0.377 e. The maximum Gasteiger partial charge on any atom is 0.191 e. The SMILES string of the molecule is CN=C(NCCCN1CC(C)OC(C)C1)NC1CCc2nc(COC)nn2C1.I. The van der Waals surface area contributed by atoms with Crippen molar-refractivity contribution in [1.82, 2.24) is 30.3 Å². The van der Waals surface area contributed by atoms with Crippen LogP contribution < -0.4 is 10.6 Å². The molecular weight excluding hydrogens is 485 g/mol. The molecule has 9 nitrogen and oxygen atoms in total. The van der Waals surface area contributed by atoms with E-state index < -0.39 is 0 Å². The Labute approximate surface area is 191 Å². The third-order valence-electron chi connectivity index (χ3n) is 5.18. The van der Waals surface area contributed by atoms with Crippen molar-refractivity contribution in [1.29, 1.82) is 0 Å². The minimum absolute atomic E-state index is 0. The first-order valence-electron chi connectivity index (χ1n) is 10.3. The van der Waals surface area contributed by atoms with Crippen LogP contribution in [0.1, 0.15) is 38.3 Å². The summed E-state index contributed by atoms with van der Waals surface area (Å²) >= 11 is 0. The zero-order valence-corrected chi connectivity index (χ0v) is 20.4. The zero-order chi connectivity index (χ0) is 19.9. The van der Waals surface area contributed by atoms with Crippen LogP contribution in [0.25, 0.3) is 0 Å². The lowest BCUT2D eigenvalue weighted by Gasteiger charge is -2.35. The van der Waals surface area contributed by atoms with Gasteiger partial charge in [0.15, 0.2) is 11.8 Å². The van der Waals surface area contributed by atoms with Gasteiger partial charge in [0, 0.05) is 52.8 Å². The van der Waals surface area contributed by atoms with Crippen molar-refractivity contribution in [2.75, 3.05) is 40.3 Å². The molecule has 0 aliphatic carbocycles. The quantitative estimate of drug-likeness (QED) is 0.240. The monoisotopic (exact) mass is 521 g/mol. The molecule has 3 rings (SSSR count). The Kier molecular flexibility index (Phi) is 10.1. The standard InChI is InChI=1S/C19H35N7O2.HI/c1-14-10-25(11-15(2)28-14)9-5-8-21-19(20-3)22-16-6-7-18-23-17(13-27-4)24-26(18)12-16;/h14-16H,5-13H2,1-4H3,(H2,20,21,22);1H. The second-order valence-corrected chi connectivity index (χ2v) is 7.81. The number of fused-ring (bicyclic) bond motifs is 1. The number of nitrogens with one attached hydrogen (secondary N) is 2. The number of halogens is 1. The lowest BCUT2D eigenvalue weighted by molar-refractivity contribution is -0.0679. The number of methoxy groups -OCH3 is 1.